The number of hydrogen-bond donors (Lipinski definition) is 1. The molecule has 0 amide bonds. The van der Waals surface area contributed by atoms with Crippen molar-refractivity contribution in [3.8, 4) is 0 Å². The van der Waals surface area contributed by atoms with Crippen molar-refractivity contribution in [2.75, 3.05) is 26.3 Å². The van der Waals surface area contributed by atoms with Crippen molar-refractivity contribution in [2.45, 2.75) is 31.2 Å². The van der Waals surface area contributed by atoms with Crippen LogP contribution in [-0.2, 0) is 11.3 Å². The lowest BCUT2D eigenvalue weighted by Crippen LogP contribution is -2.44. The van der Waals surface area contributed by atoms with Gasteiger partial charge in [-0.1, -0.05) is 6.07 Å². The molecule has 2 saturated heterocycles. The third-order valence-electron chi connectivity index (χ3n) is 5.66. The van der Waals surface area contributed by atoms with E-state index in [4.69, 9.17) is 4.74 Å². The molecule has 0 aliphatic carbocycles. The number of nitrogens with one attached hydrogen (secondary N) is 1. The number of aromatic amines is 1. The van der Waals surface area contributed by atoms with Crippen LogP contribution in [0.4, 0.5) is 0 Å². The monoisotopic (exact) mass is 365 g/mol. The van der Waals surface area contributed by atoms with Gasteiger partial charge in [-0.25, -0.2) is 4.98 Å². The molecule has 5 rings (SSSR count). The number of pyridine rings is 1. The van der Waals surface area contributed by atoms with Gasteiger partial charge in [0.1, 0.15) is 11.3 Å². The van der Waals surface area contributed by atoms with Gasteiger partial charge in [-0.3, -0.25) is 19.1 Å². The molecule has 3 aromatic heterocycles. The van der Waals surface area contributed by atoms with E-state index >= 15 is 0 Å². The summed E-state index contributed by atoms with van der Waals surface area (Å²) in [5, 5.41) is 0. The van der Waals surface area contributed by atoms with E-state index in [1.54, 1.807) is 6.20 Å². The van der Waals surface area contributed by atoms with Crippen LogP contribution in [0.5, 0.6) is 0 Å². The van der Waals surface area contributed by atoms with Gasteiger partial charge in [0.05, 0.1) is 6.20 Å². The SMILES string of the molecule is O=c1[nH]c(CN2CC(c3ccccn3)C2)cn2c(C3CCOCC3)ncc12. The van der Waals surface area contributed by atoms with Crippen LogP contribution in [0.2, 0.25) is 0 Å². The molecule has 0 spiro atoms. The first-order valence-corrected chi connectivity index (χ1v) is 9.58. The maximum absolute atomic E-state index is 12.5. The maximum atomic E-state index is 12.5. The summed E-state index contributed by atoms with van der Waals surface area (Å²) in [4.78, 5) is 26.9. The molecule has 5 heterocycles. The lowest BCUT2D eigenvalue weighted by molar-refractivity contribution is 0.0834. The first-order chi connectivity index (χ1) is 13.3. The van der Waals surface area contributed by atoms with Crippen LogP contribution in [-0.4, -0.2) is 50.6 Å². The number of imidazole rings is 1. The van der Waals surface area contributed by atoms with E-state index in [0.29, 0.717) is 17.4 Å². The second-order valence-electron chi connectivity index (χ2n) is 7.51. The number of hydrogen-bond acceptors (Lipinski definition) is 5. The van der Waals surface area contributed by atoms with Gasteiger partial charge in [0.2, 0.25) is 0 Å². The van der Waals surface area contributed by atoms with Crippen molar-refractivity contribution in [1.29, 1.82) is 0 Å². The van der Waals surface area contributed by atoms with Crippen molar-refractivity contribution in [2.24, 2.45) is 0 Å². The molecule has 0 saturated carbocycles. The molecule has 7 nitrogen and oxygen atoms in total. The van der Waals surface area contributed by atoms with Crippen molar-refractivity contribution < 1.29 is 4.74 Å². The van der Waals surface area contributed by atoms with Crippen LogP contribution in [0.1, 0.15) is 41.9 Å². The Morgan fingerprint density at radius 1 is 1.15 bits per heavy atom. The number of likely N-dealkylation sites (tertiary alicyclic amines) is 1. The minimum absolute atomic E-state index is 0.0693. The summed E-state index contributed by atoms with van der Waals surface area (Å²) in [5.74, 6) is 1.82. The number of fused-ring (bicyclic) bond motifs is 1. The van der Waals surface area contributed by atoms with Crippen LogP contribution >= 0.6 is 0 Å². The Labute approximate surface area is 157 Å². The van der Waals surface area contributed by atoms with Crippen molar-refractivity contribution in [3.63, 3.8) is 0 Å². The molecule has 0 radical (unpaired) electrons. The van der Waals surface area contributed by atoms with Crippen LogP contribution in [0.3, 0.4) is 0 Å². The van der Waals surface area contributed by atoms with E-state index in [1.807, 2.05) is 28.9 Å². The molecule has 140 valence electrons. The van der Waals surface area contributed by atoms with Gasteiger partial charge < -0.3 is 9.72 Å². The molecule has 0 unspecified atom stereocenters. The summed E-state index contributed by atoms with van der Waals surface area (Å²) >= 11 is 0. The van der Waals surface area contributed by atoms with Crippen LogP contribution in [0.15, 0.2) is 41.6 Å². The highest BCUT2D eigenvalue weighted by Gasteiger charge is 2.29. The number of aromatic nitrogens is 4. The predicted molar refractivity (Wildman–Crippen MR) is 101 cm³/mol. The lowest BCUT2D eigenvalue weighted by atomic mass is 9.95. The molecule has 0 atom stereocenters. The molecule has 0 aromatic carbocycles. The van der Waals surface area contributed by atoms with Gasteiger partial charge in [-0.05, 0) is 25.0 Å². The number of nitrogens with zero attached hydrogens (tertiary/aromatic N) is 4. The molecule has 27 heavy (non-hydrogen) atoms. The zero-order valence-corrected chi connectivity index (χ0v) is 15.2. The van der Waals surface area contributed by atoms with E-state index in [2.05, 4.69) is 25.9 Å². The van der Waals surface area contributed by atoms with Gasteiger partial charge in [0.15, 0.2) is 0 Å². The van der Waals surface area contributed by atoms with E-state index in [0.717, 1.165) is 62.9 Å². The molecule has 2 fully saturated rings. The number of H-pyrrole nitrogens is 1. The molecule has 3 aromatic rings. The fourth-order valence-corrected chi connectivity index (χ4v) is 4.16. The number of rotatable bonds is 4. The smallest absolute Gasteiger partial charge is 0.274 e. The third-order valence-corrected chi connectivity index (χ3v) is 5.66. The summed E-state index contributed by atoms with van der Waals surface area (Å²) in [6, 6.07) is 6.07. The Balaban J connectivity index is 1.34. The van der Waals surface area contributed by atoms with Gasteiger partial charge in [0, 0.05) is 68.5 Å². The van der Waals surface area contributed by atoms with Crippen LogP contribution in [0.25, 0.3) is 5.52 Å². The highest BCUT2D eigenvalue weighted by atomic mass is 16.5. The van der Waals surface area contributed by atoms with Gasteiger partial charge in [-0.2, -0.15) is 0 Å². The summed E-state index contributed by atoms with van der Waals surface area (Å²) in [5.41, 5.74) is 2.63. The second kappa shape index (κ2) is 6.90. The van der Waals surface area contributed by atoms with E-state index in [-0.39, 0.29) is 5.56 Å². The third kappa shape index (κ3) is 3.17. The molecule has 2 aliphatic heterocycles. The highest BCUT2D eigenvalue weighted by molar-refractivity contribution is 5.44. The second-order valence-corrected chi connectivity index (χ2v) is 7.51. The van der Waals surface area contributed by atoms with Gasteiger partial charge in [0.25, 0.3) is 5.56 Å². The Bertz CT molecular complexity index is 985. The zero-order valence-electron chi connectivity index (χ0n) is 15.2. The van der Waals surface area contributed by atoms with Crippen molar-refractivity contribution >= 4 is 5.52 Å². The van der Waals surface area contributed by atoms with E-state index in [9.17, 15) is 4.79 Å². The fourth-order valence-electron chi connectivity index (χ4n) is 4.16. The predicted octanol–water partition coefficient (Wildman–Crippen LogP) is 1.91. The minimum atomic E-state index is -0.0693. The first-order valence-electron chi connectivity index (χ1n) is 9.58. The maximum Gasteiger partial charge on any atom is 0.274 e. The van der Waals surface area contributed by atoms with E-state index in [1.165, 1.54) is 0 Å². The quantitative estimate of drug-likeness (QED) is 0.764. The molecular weight excluding hydrogens is 342 g/mol. The Morgan fingerprint density at radius 3 is 2.78 bits per heavy atom. The first kappa shape index (κ1) is 16.6. The topological polar surface area (TPSA) is 75.5 Å². The van der Waals surface area contributed by atoms with Crippen LogP contribution in [0, 0.1) is 0 Å². The summed E-state index contributed by atoms with van der Waals surface area (Å²) in [7, 11) is 0. The van der Waals surface area contributed by atoms with Crippen molar-refractivity contribution in [3.05, 3.63) is 64.4 Å². The minimum Gasteiger partial charge on any atom is -0.381 e. The summed E-state index contributed by atoms with van der Waals surface area (Å²) in [6.45, 7) is 4.19. The average molecular weight is 365 g/mol. The summed E-state index contributed by atoms with van der Waals surface area (Å²) < 4.78 is 7.45. The largest absolute Gasteiger partial charge is 0.381 e. The van der Waals surface area contributed by atoms with Gasteiger partial charge >= 0.3 is 0 Å². The molecule has 7 heteroatoms. The normalized spacial score (nSPS) is 19.4. The highest BCUT2D eigenvalue weighted by Crippen LogP contribution is 2.28. The summed E-state index contributed by atoms with van der Waals surface area (Å²) in [6.07, 6.45) is 7.50. The fraction of sp³-hybridized carbons (Fsp3) is 0.450. The standard InChI is InChI=1S/C20H23N5O2/c26-20-18-9-22-19(14-4-7-27-8-5-14)25(18)13-16(23-20)12-24-10-15(11-24)17-3-1-2-6-21-17/h1-3,6,9,13-15H,4-5,7-8,10-12H2,(H,23,26). The van der Waals surface area contributed by atoms with Crippen LogP contribution < -0.4 is 5.56 Å². The molecule has 1 N–H and O–H groups in total. The lowest BCUT2D eigenvalue weighted by Gasteiger charge is -2.38. The molecular formula is C20H23N5O2. The molecule has 2 aliphatic rings. The van der Waals surface area contributed by atoms with Crippen molar-refractivity contribution in [1.82, 2.24) is 24.3 Å². The van der Waals surface area contributed by atoms with E-state index < -0.39 is 0 Å². The van der Waals surface area contributed by atoms with Gasteiger partial charge in [-0.15, -0.1) is 0 Å². The average Bonchev–Trinajstić information content (AvgIpc) is 3.10. The number of ether oxygens (including phenoxy) is 1. The Hall–Kier alpha value is -2.51. The Morgan fingerprint density at radius 2 is 2.00 bits per heavy atom. The molecule has 0 bridgehead atoms. The Kier molecular flexibility index (Phi) is 4.26. The zero-order chi connectivity index (χ0) is 18.2.